The predicted octanol–water partition coefficient (Wildman–Crippen LogP) is 2.54. The van der Waals surface area contributed by atoms with Gasteiger partial charge in [-0.1, -0.05) is 12.1 Å². The summed E-state index contributed by atoms with van der Waals surface area (Å²) >= 11 is 0. The summed E-state index contributed by atoms with van der Waals surface area (Å²) < 4.78 is 47.5. The summed E-state index contributed by atoms with van der Waals surface area (Å²) in [7, 11) is 1.09. The highest BCUT2D eigenvalue weighted by molar-refractivity contribution is 5.84. The zero-order chi connectivity index (χ0) is 14.0. The highest BCUT2D eigenvalue weighted by atomic mass is 19.4. The van der Waals surface area contributed by atoms with E-state index in [1.807, 2.05) is 0 Å². The molecule has 0 saturated heterocycles. The van der Waals surface area contributed by atoms with Crippen LogP contribution in [0.1, 0.15) is 16.2 Å². The number of nitrogens with zero attached hydrogens (tertiary/aromatic N) is 2. The van der Waals surface area contributed by atoms with E-state index >= 15 is 0 Å². The Labute approximate surface area is 105 Å². The number of methoxy groups -OCH3 is 1. The van der Waals surface area contributed by atoms with Crippen LogP contribution in [0.4, 0.5) is 13.2 Å². The van der Waals surface area contributed by atoms with Crippen molar-refractivity contribution in [3.05, 3.63) is 35.7 Å². The number of aromatic nitrogens is 2. The molecule has 1 heterocycles. The third-order valence-electron chi connectivity index (χ3n) is 2.25. The van der Waals surface area contributed by atoms with Gasteiger partial charge in [0.25, 0.3) is 0 Å². The lowest BCUT2D eigenvalue weighted by atomic mass is 10.1. The Morgan fingerprint density at radius 3 is 2.58 bits per heavy atom. The number of alkyl halides is 3. The smallest absolute Gasteiger partial charge is 0.417 e. The van der Waals surface area contributed by atoms with E-state index in [-0.39, 0.29) is 5.56 Å². The third kappa shape index (κ3) is 2.56. The second kappa shape index (κ2) is 4.71. The van der Waals surface area contributed by atoms with Gasteiger partial charge in [0, 0.05) is 0 Å². The van der Waals surface area contributed by atoms with Gasteiger partial charge in [0.05, 0.1) is 18.2 Å². The first-order valence-electron chi connectivity index (χ1n) is 5.02. The number of hydrogen-bond acceptors (Lipinski definition) is 5. The maximum absolute atomic E-state index is 12.8. The zero-order valence-electron chi connectivity index (χ0n) is 9.56. The molecule has 1 aromatic carbocycles. The van der Waals surface area contributed by atoms with E-state index in [9.17, 15) is 18.0 Å². The Kier molecular flexibility index (Phi) is 3.24. The molecule has 0 spiro atoms. The molecule has 2 aromatic rings. The molecule has 0 saturated carbocycles. The first-order chi connectivity index (χ1) is 8.93. The minimum atomic E-state index is -4.56. The van der Waals surface area contributed by atoms with Crippen molar-refractivity contribution < 1.29 is 27.1 Å². The molecule has 0 aliphatic carbocycles. The van der Waals surface area contributed by atoms with Crippen molar-refractivity contribution in [3.8, 4) is 11.5 Å². The largest absolute Gasteiger partial charge is 0.462 e. The average molecular weight is 272 g/mol. The van der Waals surface area contributed by atoms with Gasteiger partial charge in [-0.2, -0.15) is 13.2 Å². The first kappa shape index (κ1) is 13.1. The second-order valence-corrected chi connectivity index (χ2v) is 3.45. The first-order valence-corrected chi connectivity index (χ1v) is 5.02. The molecule has 0 fully saturated rings. The van der Waals surface area contributed by atoms with E-state index in [2.05, 4.69) is 14.9 Å². The van der Waals surface area contributed by atoms with Crippen LogP contribution in [0.2, 0.25) is 0 Å². The van der Waals surface area contributed by atoms with Crippen LogP contribution in [0.15, 0.2) is 28.7 Å². The van der Waals surface area contributed by atoms with Crippen molar-refractivity contribution in [2.75, 3.05) is 7.11 Å². The Morgan fingerprint density at radius 2 is 1.95 bits per heavy atom. The molecule has 0 bridgehead atoms. The van der Waals surface area contributed by atoms with Crippen LogP contribution in [0.5, 0.6) is 0 Å². The predicted molar refractivity (Wildman–Crippen MR) is 56.1 cm³/mol. The number of hydrogen-bond donors (Lipinski definition) is 0. The molecule has 0 aliphatic rings. The number of carbonyl (C=O) groups excluding carboxylic acids is 1. The quantitative estimate of drug-likeness (QED) is 0.786. The fourth-order valence-electron chi connectivity index (χ4n) is 1.42. The molecule has 2 rings (SSSR count). The molecule has 0 unspecified atom stereocenters. The molecule has 0 amide bonds. The highest BCUT2D eigenvalue weighted by Crippen LogP contribution is 2.36. The number of halogens is 3. The van der Waals surface area contributed by atoms with Gasteiger partial charge in [-0.3, -0.25) is 0 Å². The van der Waals surface area contributed by atoms with Crippen molar-refractivity contribution in [3.63, 3.8) is 0 Å². The number of esters is 1. The average Bonchev–Trinajstić information content (AvgIpc) is 2.86. The summed E-state index contributed by atoms with van der Waals surface area (Å²) in [5.41, 5.74) is -1.22. The van der Waals surface area contributed by atoms with Gasteiger partial charge in [-0.05, 0) is 12.1 Å². The summed E-state index contributed by atoms with van der Waals surface area (Å²) in [6, 6.07) is 4.70. The normalized spacial score (nSPS) is 11.4. The monoisotopic (exact) mass is 272 g/mol. The topological polar surface area (TPSA) is 65.2 Å². The number of rotatable bonds is 2. The van der Waals surface area contributed by atoms with E-state index in [1.54, 1.807) is 0 Å². The van der Waals surface area contributed by atoms with Gasteiger partial charge in [-0.25, -0.2) is 4.79 Å². The molecule has 0 N–H and O–H groups in total. The maximum Gasteiger partial charge on any atom is 0.417 e. The Balaban J connectivity index is 2.48. The molecule has 8 heteroatoms. The molecular weight excluding hydrogens is 265 g/mol. The maximum atomic E-state index is 12.8. The van der Waals surface area contributed by atoms with E-state index in [0.717, 1.165) is 13.2 Å². The van der Waals surface area contributed by atoms with Crippen LogP contribution in [0, 0.1) is 0 Å². The lowest BCUT2D eigenvalue weighted by Gasteiger charge is -2.09. The van der Waals surface area contributed by atoms with Gasteiger partial charge >= 0.3 is 18.0 Å². The zero-order valence-corrected chi connectivity index (χ0v) is 9.56. The van der Waals surface area contributed by atoms with Gasteiger partial charge in [-0.15, -0.1) is 10.2 Å². The summed E-state index contributed by atoms with van der Waals surface area (Å²) in [6.45, 7) is 0. The highest BCUT2D eigenvalue weighted by Gasteiger charge is 2.35. The van der Waals surface area contributed by atoms with Crippen molar-refractivity contribution in [2.24, 2.45) is 0 Å². The Hall–Kier alpha value is -2.38. The number of carbonyl (C=O) groups is 1. The fraction of sp³-hybridized carbons (Fsp3) is 0.182. The molecular formula is C11H7F3N2O3. The third-order valence-corrected chi connectivity index (χ3v) is 2.25. The van der Waals surface area contributed by atoms with E-state index in [1.165, 1.54) is 18.2 Å². The molecule has 0 atom stereocenters. The molecule has 19 heavy (non-hydrogen) atoms. The van der Waals surface area contributed by atoms with E-state index in [0.29, 0.717) is 0 Å². The molecule has 5 nitrogen and oxygen atoms in total. The summed E-state index contributed by atoms with van der Waals surface area (Å²) in [5.74, 6) is -1.81. The van der Waals surface area contributed by atoms with Gasteiger partial charge < -0.3 is 9.15 Å². The SMILES string of the molecule is COC(=O)c1nnc(-c2ccccc2C(F)(F)F)o1. The summed E-state index contributed by atoms with van der Waals surface area (Å²) in [4.78, 5) is 11.1. The molecule has 1 aromatic heterocycles. The van der Waals surface area contributed by atoms with E-state index < -0.39 is 29.5 Å². The van der Waals surface area contributed by atoms with Crippen LogP contribution in [0.3, 0.4) is 0 Å². The van der Waals surface area contributed by atoms with Crippen LogP contribution in [-0.4, -0.2) is 23.3 Å². The fourth-order valence-corrected chi connectivity index (χ4v) is 1.42. The van der Waals surface area contributed by atoms with Crippen molar-refractivity contribution in [2.45, 2.75) is 6.18 Å². The van der Waals surface area contributed by atoms with Crippen molar-refractivity contribution >= 4 is 5.97 Å². The van der Waals surface area contributed by atoms with Crippen LogP contribution >= 0.6 is 0 Å². The lowest BCUT2D eigenvalue weighted by Crippen LogP contribution is -2.06. The molecule has 0 radical (unpaired) electrons. The number of ether oxygens (including phenoxy) is 1. The molecule has 100 valence electrons. The summed E-state index contributed by atoms with van der Waals surface area (Å²) in [5, 5.41) is 6.74. The van der Waals surface area contributed by atoms with Gasteiger partial charge in [0.2, 0.25) is 5.89 Å². The molecule has 0 aliphatic heterocycles. The van der Waals surface area contributed by atoms with Crippen LogP contribution in [-0.2, 0) is 10.9 Å². The minimum Gasteiger partial charge on any atom is -0.462 e. The van der Waals surface area contributed by atoms with E-state index in [4.69, 9.17) is 4.42 Å². The summed E-state index contributed by atoms with van der Waals surface area (Å²) in [6.07, 6.45) is -4.56. The van der Waals surface area contributed by atoms with Crippen LogP contribution in [0.25, 0.3) is 11.5 Å². The van der Waals surface area contributed by atoms with Crippen molar-refractivity contribution in [1.82, 2.24) is 10.2 Å². The van der Waals surface area contributed by atoms with Crippen molar-refractivity contribution in [1.29, 1.82) is 0 Å². The second-order valence-electron chi connectivity index (χ2n) is 3.45. The Bertz CT molecular complexity index is 607. The standard InChI is InChI=1S/C11H7F3N2O3/c1-18-10(17)9-16-15-8(19-9)6-4-2-3-5-7(6)11(12,13)14/h2-5H,1H3. The Morgan fingerprint density at radius 1 is 1.26 bits per heavy atom. The minimum absolute atomic E-state index is 0.294. The number of benzene rings is 1. The van der Waals surface area contributed by atoms with Crippen LogP contribution < -0.4 is 0 Å². The van der Waals surface area contributed by atoms with Gasteiger partial charge in [0.1, 0.15) is 0 Å². The lowest BCUT2D eigenvalue weighted by molar-refractivity contribution is -0.137. The van der Waals surface area contributed by atoms with Gasteiger partial charge in [0.15, 0.2) is 0 Å².